The average Bonchev–Trinajstić information content (AvgIpc) is 2.59. The van der Waals surface area contributed by atoms with Gasteiger partial charge in [-0.3, -0.25) is 14.4 Å². The summed E-state index contributed by atoms with van der Waals surface area (Å²) >= 11 is 0. The van der Waals surface area contributed by atoms with Crippen molar-refractivity contribution in [3.8, 4) is 0 Å². The Morgan fingerprint density at radius 3 is 2.26 bits per heavy atom. The van der Waals surface area contributed by atoms with Crippen molar-refractivity contribution in [3.05, 3.63) is 35.9 Å². The van der Waals surface area contributed by atoms with Crippen molar-refractivity contribution in [1.82, 2.24) is 10.6 Å². The Labute approximate surface area is 158 Å². The number of esters is 1. The molecule has 0 aromatic heterocycles. The maximum atomic E-state index is 12.6. The molecule has 0 radical (unpaired) electrons. The molecule has 0 fully saturated rings. The number of hydrogen-bond acceptors (Lipinski definition) is 5. The van der Waals surface area contributed by atoms with Crippen molar-refractivity contribution >= 4 is 23.8 Å². The molecule has 0 saturated carbocycles. The van der Waals surface area contributed by atoms with Gasteiger partial charge in [0.1, 0.15) is 12.1 Å². The number of aliphatic carboxylic acids is 1. The minimum atomic E-state index is -1.28. The van der Waals surface area contributed by atoms with E-state index in [1.54, 1.807) is 38.1 Å². The Morgan fingerprint density at radius 2 is 1.74 bits per heavy atom. The fraction of sp³-hybridized carbons (Fsp3) is 0.474. The number of ether oxygens (including phenoxy) is 1. The van der Waals surface area contributed by atoms with Gasteiger partial charge in [-0.2, -0.15) is 0 Å². The Hall–Kier alpha value is -2.90. The first-order valence-electron chi connectivity index (χ1n) is 8.74. The van der Waals surface area contributed by atoms with Crippen LogP contribution < -0.4 is 10.6 Å². The lowest BCUT2D eigenvalue weighted by Gasteiger charge is -2.24. The maximum Gasteiger partial charge on any atom is 0.326 e. The van der Waals surface area contributed by atoms with Gasteiger partial charge >= 0.3 is 11.9 Å². The summed E-state index contributed by atoms with van der Waals surface area (Å²) in [6, 6.07) is 6.84. The third kappa shape index (κ3) is 7.89. The Kier molecular flexibility index (Phi) is 8.98. The van der Waals surface area contributed by atoms with E-state index in [0.29, 0.717) is 0 Å². The maximum absolute atomic E-state index is 12.6. The zero-order valence-corrected chi connectivity index (χ0v) is 15.7. The van der Waals surface area contributed by atoms with Gasteiger partial charge in [0, 0.05) is 13.3 Å². The smallest absolute Gasteiger partial charge is 0.326 e. The summed E-state index contributed by atoms with van der Waals surface area (Å²) in [6.45, 7) is 4.67. The number of carboxylic acids is 1. The minimum absolute atomic E-state index is 0.144. The van der Waals surface area contributed by atoms with Gasteiger partial charge in [-0.25, -0.2) is 4.79 Å². The molecule has 1 aromatic rings. The number of carboxylic acid groups (broad SMARTS) is 1. The van der Waals surface area contributed by atoms with Crippen LogP contribution in [0.1, 0.15) is 32.8 Å². The quantitative estimate of drug-likeness (QED) is 0.520. The van der Waals surface area contributed by atoms with E-state index in [2.05, 4.69) is 10.6 Å². The van der Waals surface area contributed by atoms with Crippen LogP contribution in [0.15, 0.2) is 30.3 Å². The van der Waals surface area contributed by atoms with Crippen molar-refractivity contribution in [2.45, 2.75) is 45.7 Å². The molecule has 1 rings (SSSR count). The predicted molar refractivity (Wildman–Crippen MR) is 97.7 cm³/mol. The number of hydrogen-bond donors (Lipinski definition) is 3. The van der Waals surface area contributed by atoms with Gasteiger partial charge in [0.05, 0.1) is 13.0 Å². The van der Waals surface area contributed by atoms with Crippen LogP contribution in [0.5, 0.6) is 0 Å². The second-order valence-corrected chi connectivity index (χ2v) is 6.25. The highest BCUT2D eigenvalue weighted by molar-refractivity contribution is 5.90. The molecule has 0 saturated heterocycles. The largest absolute Gasteiger partial charge is 0.480 e. The van der Waals surface area contributed by atoms with E-state index < -0.39 is 41.8 Å². The van der Waals surface area contributed by atoms with E-state index in [1.807, 2.05) is 6.07 Å². The van der Waals surface area contributed by atoms with Gasteiger partial charge in [0.2, 0.25) is 11.8 Å². The first-order chi connectivity index (χ1) is 12.7. The summed E-state index contributed by atoms with van der Waals surface area (Å²) in [4.78, 5) is 47.2. The van der Waals surface area contributed by atoms with Gasteiger partial charge in [-0.15, -0.1) is 0 Å². The summed E-state index contributed by atoms with van der Waals surface area (Å²) in [7, 11) is 0. The van der Waals surface area contributed by atoms with Crippen LogP contribution in [0.2, 0.25) is 0 Å². The third-order valence-electron chi connectivity index (χ3n) is 3.90. The summed E-state index contributed by atoms with van der Waals surface area (Å²) < 4.78 is 4.82. The van der Waals surface area contributed by atoms with Gasteiger partial charge < -0.3 is 20.5 Å². The zero-order chi connectivity index (χ0) is 20.4. The number of nitrogens with one attached hydrogen (secondary N) is 2. The fourth-order valence-corrected chi connectivity index (χ4v) is 2.61. The molecule has 0 aliphatic carbocycles. The standard InChI is InChI=1S/C19H26N2O6/c1-4-27-16(23)10-12(2)17(19(25)26)21-18(24)15(20-13(3)22)11-14-8-6-5-7-9-14/h5-9,12,15,17H,4,10-11H2,1-3H3,(H,20,22)(H,21,24)(H,25,26)/t12-,15-,17-/m0/s1. The zero-order valence-electron chi connectivity index (χ0n) is 15.7. The molecule has 8 nitrogen and oxygen atoms in total. The van der Waals surface area contributed by atoms with Crippen LogP contribution in [-0.2, 0) is 30.3 Å². The van der Waals surface area contributed by atoms with Crippen LogP contribution in [0.25, 0.3) is 0 Å². The van der Waals surface area contributed by atoms with E-state index in [1.165, 1.54) is 6.92 Å². The third-order valence-corrected chi connectivity index (χ3v) is 3.90. The molecule has 3 atom stereocenters. The number of carbonyl (C=O) groups is 4. The molecule has 0 aliphatic rings. The van der Waals surface area contributed by atoms with Crippen molar-refractivity contribution in [2.75, 3.05) is 6.61 Å². The van der Waals surface area contributed by atoms with E-state index >= 15 is 0 Å². The molecule has 0 unspecified atom stereocenters. The van der Waals surface area contributed by atoms with Crippen molar-refractivity contribution < 1.29 is 29.0 Å². The number of rotatable bonds is 10. The normalized spacial score (nSPS) is 13.7. The lowest BCUT2D eigenvalue weighted by molar-refractivity contribution is -0.147. The monoisotopic (exact) mass is 378 g/mol. The molecule has 8 heteroatoms. The number of amides is 2. The van der Waals surface area contributed by atoms with Crippen molar-refractivity contribution in [2.24, 2.45) is 5.92 Å². The van der Waals surface area contributed by atoms with Crippen LogP contribution in [-0.4, -0.2) is 47.6 Å². The van der Waals surface area contributed by atoms with E-state index in [4.69, 9.17) is 4.74 Å². The van der Waals surface area contributed by atoms with Gasteiger partial charge in [-0.1, -0.05) is 37.3 Å². The summed E-state index contributed by atoms with van der Waals surface area (Å²) in [5.74, 6) is -3.51. The predicted octanol–water partition coefficient (Wildman–Crippen LogP) is 0.893. The lowest BCUT2D eigenvalue weighted by Crippen LogP contribution is -2.54. The van der Waals surface area contributed by atoms with Gasteiger partial charge in [0.15, 0.2) is 0 Å². The molecule has 1 aromatic carbocycles. The molecular weight excluding hydrogens is 352 g/mol. The lowest BCUT2D eigenvalue weighted by atomic mass is 9.97. The molecule has 0 aliphatic heterocycles. The molecule has 0 bridgehead atoms. The first kappa shape index (κ1) is 22.1. The summed E-state index contributed by atoms with van der Waals surface area (Å²) in [5, 5.41) is 14.4. The second kappa shape index (κ2) is 10.9. The topological polar surface area (TPSA) is 122 Å². The van der Waals surface area contributed by atoms with E-state index in [9.17, 15) is 24.3 Å². The van der Waals surface area contributed by atoms with Crippen LogP contribution in [0, 0.1) is 5.92 Å². The van der Waals surface area contributed by atoms with E-state index in [-0.39, 0.29) is 19.4 Å². The molecular formula is C19H26N2O6. The molecule has 2 amide bonds. The highest BCUT2D eigenvalue weighted by Crippen LogP contribution is 2.11. The Balaban J connectivity index is 2.86. The first-order valence-corrected chi connectivity index (χ1v) is 8.74. The fourth-order valence-electron chi connectivity index (χ4n) is 2.61. The number of benzene rings is 1. The molecule has 0 spiro atoms. The SMILES string of the molecule is CCOC(=O)C[C@H](C)[C@H](NC(=O)[C@H](Cc1ccccc1)NC(C)=O)C(=O)O. The molecule has 27 heavy (non-hydrogen) atoms. The van der Waals surface area contributed by atoms with Crippen LogP contribution in [0.3, 0.4) is 0 Å². The Morgan fingerprint density at radius 1 is 1.11 bits per heavy atom. The Bertz CT molecular complexity index is 661. The van der Waals surface area contributed by atoms with Crippen LogP contribution >= 0.6 is 0 Å². The molecule has 0 heterocycles. The molecule has 3 N–H and O–H groups in total. The molecule has 148 valence electrons. The minimum Gasteiger partial charge on any atom is -0.480 e. The summed E-state index contributed by atoms with van der Waals surface area (Å²) in [5.41, 5.74) is 0.817. The summed E-state index contributed by atoms with van der Waals surface area (Å²) in [6.07, 6.45) is 0.0689. The highest BCUT2D eigenvalue weighted by Gasteiger charge is 2.31. The second-order valence-electron chi connectivity index (χ2n) is 6.25. The van der Waals surface area contributed by atoms with Crippen molar-refractivity contribution in [3.63, 3.8) is 0 Å². The van der Waals surface area contributed by atoms with Gasteiger partial charge in [-0.05, 0) is 18.4 Å². The van der Waals surface area contributed by atoms with Crippen molar-refractivity contribution in [1.29, 1.82) is 0 Å². The van der Waals surface area contributed by atoms with Gasteiger partial charge in [0.25, 0.3) is 0 Å². The van der Waals surface area contributed by atoms with E-state index in [0.717, 1.165) is 5.56 Å². The number of carbonyl (C=O) groups excluding carboxylic acids is 3. The average molecular weight is 378 g/mol. The highest BCUT2D eigenvalue weighted by atomic mass is 16.5. The van der Waals surface area contributed by atoms with Crippen LogP contribution in [0.4, 0.5) is 0 Å².